The maximum Gasteiger partial charge on any atom is 0.490 e. The highest BCUT2D eigenvalue weighted by Gasteiger charge is 2.46. The summed E-state index contributed by atoms with van der Waals surface area (Å²) in [5.74, 6) is 0. The number of nitrogens with one attached hydrogen (secondary N) is 1. The summed E-state index contributed by atoms with van der Waals surface area (Å²) in [6, 6.07) is 1.66. The van der Waals surface area contributed by atoms with Gasteiger partial charge in [-0.15, -0.1) is 0 Å². The van der Waals surface area contributed by atoms with Crippen molar-refractivity contribution in [1.82, 2.24) is 14.5 Å². The Hall–Kier alpha value is -0.870. The van der Waals surface area contributed by atoms with Gasteiger partial charge in [0.25, 0.3) is 0 Å². The minimum Gasteiger partial charge on any atom is -0.387 e. The Balaban J connectivity index is 1.69. The molecule has 3 rings (SSSR count). The summed E-state index contributed by atoms with van der Waals surface area (Å²) in [7, 11) is -16.6. The van der Waals surface area contributed by atoms with Crippen LogP contribution in [0, 0.1) is 4.77 Å². The van der Waals surface area contributed by atoms with Gasteiger partial charge in [-0.3, -0.25) is 9.09 Å². The third kappa shape index (κ3) is 6.13. The number of aliphatic hydroxyl groups is 2. The second kappa shape index (κ2) is 8.82. The summed E-state index contributed by atoms with van der Waals surface area (Å²) in [6.45, 7) is -0.939. The van der Waals surface area contributed by atoms with Crippen molar-refractivity contribution in [2.75, 3.05) is 6.61 Å². The van der Waals surface area contributed by atoms with Gasteiger partial charge in [-0.05, 0) is 18.3 Å². The van der Waals surface area contributed by atoms with Gasteiger partial charge < -0.3 is 39.5 Å². The molecule has 6 atom stereocenters. The molecule has 174 valence electrons. The van der Waals surface area contributed by atoms with E-state index in [4.69, 9.17) is 31.6 Å². The van der Waals surface area contributed by atoms with Crippen LogP contribution >= 0.6 is 35.7 Å². The van der Waals surface area contributed by atoms with Crippen LogP contribution in [0.4, 0.5) is 0 Å². The van der Waals surface area contributed by atoms with Crippen LogP contribution in [0.15, 0.2) is 18.5 Å². The van der Waals surface area contributed by atoms with Crippen LogP contribution < -0.4 is 0 Å². The van der Waals surface area contributed by atoms with E-state index in [0.29, 0.717) is 11.0 Å². The summed E-state index contributed by atoms with van der Waals surface area (Å²) in [4.78, 5) is 42.5. The van der Waals surface area contributed by atoms with Crippen LogP contribution in [-0.2, 0) is 31.6 Å². The van der Waals surface area contributed by atoms with Crippen molar-refractivity contribution < 1.29 is 61.4 Å². The standard InChI is InChI=1S/C11H16N3O13P3S/c15-7-6(4-24-29(20,21)27-30(22,23)26-28(17,18)19)25-10(8(7)16)14-3-5-1-2-12-9(5)13-11(14)31/h1-3,6-8,10,15-16H,4H2,(H,20,21)(H,22,23)(H,12,13,31)(H2,17,18,19)/t6-,7?,8+,10-/m1/s1. The van der Waals surface area contributed by atoms with Crippen LogP contribution in [0.5, 0.6) is 0 Å². The molecule has 0 radical (unpaired) electrons. The van der Waals surface area contributed by atoms with E-state index in [0.717, 1.165) is 0 Å². The smallest absolute Gasteiger partial charge is 0.387 e. The summed E-state index contributed by atoms with van der Waals surface area (Å²) in [5, 5.41) is 21.1. The molecule has 31 heavy (non-hydrogen) atoms. The molecular weight excluding hydrogens is 507 g/mol. The van der Waals surface area contributed by atoms with E-state index in [1.807, 2.05) is 0 Å². The van der Waals surface area contributed by atoms with E-state index in [2.05, 4.69) is 23.1 Å². The van der Waals surface area contributed by atoms with Gasteiger partial charge in [-0.2, -0.15) is 8.62 Å². The molecule has 1 fully saturated rings. The second-order valence-electron chi connectivity index (χ2n) is 6.15. The highest BCUT2D eigenvalue weighted by Crippen LogP contribution is 2.66. The number of phosphoric acid groups is 3. The van der Waals surface area contributed by atoms with E-state index < -0.39 is 54.6 Å². The first-order valence-corrected chi connectivity index (χ1v) is 13.0. The zero-order chi connectivity index (χ0) is 23.2. The topological polar surface area (TPSA) is 243 Å². The molecule has 1 saturated heterocycles. The first-order chi connectivity index (χ1) is 14.2. The second-order valence-corrected chi connectivity index (χ2v) is 10.9. The third-order valence-corrected chi connectivity index (χ3v) is 8.00. The Bertz CT molecular complexity index is 1160. The molecule has 2 aromatic rings. The number of ether oxygens (including phenoxy) is 1. The molecule has 3 heterocycles. The Kier molecular flexibility index (Phi) is 7.04. The first kappa shape index (κ1) is 24.8. The van der Waals surface area contributed by atoms with Gasteiger partial charge in [-0.25, -0.2) is 18.7 Å². The van der Waals surface area contributed by atoms with Crippen molar-refractivity contribution in [1.29, 1.82) is 0 Å². The minimum absolute atomic E-state index is 0.0141. The number of hydrogen-bond acceptors (Lipinski definition) is 11. The van der Waals surface area contributed by atoms with Gasteiger partial charge in [0.2, 0.25) is 4.77 Å². The van der Waals surface area contributed by atoms with Gasteiger partial charge >= 0.3 is 23.5 Å². The van der Waals surface area contributed by atoms with E-state index >= 15 is 0 Å². The normalized spacial score (nSPS) is 28.5. The third-order valence-electron chi connectivity index (χ3n) is 3.89. The van der Waals surface area contributed by atoms with Crippen LogP contribution in [-0.4, -0.2) is 69.2 Å². The number of nitrogens with zero attached hydrogens (tertiary/aromatic N) is 2. The molecule has 0 spiro atoms. The number of phosphoric ester groups is 1. The van der Waals surface area contributed by atoms with Crippen molar-refractivity contribution >= 4 is 46.7 Å². The molecule has 0 saturated carbocycles. The van der Waals surface area contributed by atoms with E-state index in [9.17, 15) is 28.8 Å². The number of aromatic nitrogens is 3. The van der Waals surface area contributed by atoms with E-state index in [1.165, 1.54) is 10.8 Å². The molecule has 16 nitrogen and oxygen atoms in total. The summed E-state index contributed by atoms with van der Waals surface area (Å²) in [5.41, 5.74) is 0.471. The van der Waals surface area contributed by atoms with Crippen molar-refractivity contribution in [2.24, 2.45) is 0 Å². The quantitative estimate of drug-likeness (QED) is 0.179. The number of hydrogen-bond donors (Lipinski definition) is 7. The summed E-state index contributed by atoms with van der Waals surface area (Å²) >= 11 is 5.13. The fourth-order valence-electron chi connectivity index (χ4n) is 2.68. The first-order valence-electron chi connectivity index (χ1n) is 8.04. The highest BCUT2D eigenvalue weighted by molar-refractivity contribution is 7.71. The largest absolute Gasteiger partial charge is 0.490 e. The Morgan fingerprint density at radius 3 is 2.45 bits per heavy atom. The average Bonchev–Trinajstić information content (AvgIpc) is 3.14. The van der Waals surface area contributed by atoms with Crippen LogP contribution in [0.1, 0.15) is 6.23 Å². The Labute approximate surface area is 177 Å². The number of aromatic amines is 1. The molecule has 1 aliphatic heterocycles. The number of rotatable bonds is 8. The molecule has 0 bridgehead atoms. The molecule has 7 N–H and O–H groups in total. The predicted molar refractivity (Wildman–Crippen MR) is 101 cm³/mol. The van der Waals surface area contributed by atoms with Crippen LogP contribution in [0.3, 0.4) is 0 Å². The van der Waals surface area contributed by atoms with Gasteiger partial charge in [-0.1, -0.05) is 0 Å². The lowest BCUT2D eigenvalue weighted by Gasteiger charge is -2.19. The summed E-state index contributed by atoms with van der Waals surface area (Å²) in [6.07, 6.45) is -2.83. The van der Waals surface area contributed by atoms with Crippen molar-refractivity contribution in [3.05, 3.63) is 23.2 Å². The Morgan fingerprint density at radius 1 is 1.13 bits per heavy atom. The van der Waals surface area contributed by atoms with Crippen molar-refractivity contribution in [3.8, 4) is 0 Å². The molecule has 20 heteroatoms. The van der Waals surface area contributed by atoms with E-state index in [1.54, 1.807) is 12.3 Å². The van der Waals surface area contributed by atoms with Gasteiger partial charge in [0.05, 0.1) is 6.61 Å². The van der Waals surface area contributed by atoms with E-state index in [-0.39, 0.29) is 4.77 Å². The molecule has 1 aliphatic rings. The molecule has 0 aliphatic carbocycles. The maximum absolute atomic E-state index is 11.8. The number of fused-ring (bicyclic) bond motifs is 1. The molecular formula is C11H16N3O13P3S. The van der Waals surface area contributed by atoms with Gasteiger partial charge in [0.1, 0.15) is 24.0 Å². The van der Waals surface area contributed by atoms with Gasteiger partial charge in [0, 0.05) is 17.8 Å². The fraction of sp³-hybridized carbons (Fsp3) is 0.455. The number of H-pyrrole nitrogens is 1. The van der Waals surface area contributed by atoms with Crippen molar-refractivity contribution in [2.45, 2.75) is 24.5 Å². The zero-order valence-corrected chi connectivity index (χ0v) is 18.4. The number of aliphatic hydroxyl groups excluding tert-OH is 2. The monoisotopic (exact) mass is 523 g/mol. The average molecular weight is 523 g/mol. The summed E-state index contributed by atoms with van der Waals surface area (Å²) < 4.78 is 52.0. The lowest BCUT2D eigenvalue weighted by atomic mass is 10.1. The predicted octanol–water partition coefficient (Wildman–Crippen LogP) is 0.0564. The lowest BCUT2D eigenvalue weighted by Crippen LogP contribution is -2.33. The lowest BCUT2D eigenvalue weighted by molar-refractivity contribution is -0.0530. The Morgan fingerprint density at radius 2 is 1.81 bits per heavy atom. The fourth-order valence-corrected chi connectivity index (χ4v) is 5.96. The zero-order valence-electron chi connectivity index (χ0n) is 14.9. The maximum atomic E-state index is 11.8. The van der Waals surface area contributed by atoms with Gasteiger partial charge in [0.15, 0.2) is 6.23 Å². The molecule has 2 aromatic heterocycles. The van der Waals surface area contributed by atoms with Crippen LogP contribution in [0.2, 0.25) is 0 Å². The highest BCUT2D eigenvalue weighted by atomic mass is 32.1. The molecule has 3 unspecified atom stereocenters. The van der Waals surface area contributed by atoms with Crippen molar-refractivity contribution in [3.63, 3.8) is 0 Å². The van der Waals surface area contributed by atoms with Crippen LogP contribution in [0.25, 0.3) is 11.0 Å². The minimum atomic E-state index is -5.69. The SMILES string of the molecule is O=P(O)(O)OP(=O)(O)OP(=O)(O)OC[C@H]1O[C@@H](n2cc3cc[nH]c3nc2=S)[C@@H](O)C1O. The molecule has 0 aromatic carbocycles. The molecule has 0 amide bonds.